The molecular formula is C13H19ClN2O2S. The molecule has 1 atom stereocenters. The van der Waals surface area contributed by atoms with Crippen LogP contribution in [-0.2, 0) is 10.0 Å². The molecule has 0 saturated heterocycles. The molecule has 1 saturated carbocycles. The third kappa shape index (κ3) is 3.04. The van der Waals surface area contributed by atoms with Crippen LogP contribution in [0.15, 0.2) is 17.0 Å². The third-order valence-electron chi connectivity index (χ3n) is 3.76. The van der Waals surface area contributed by atoms with Gasteiger partial charge in [-0.3, -0.25) is 0 Å². The fourth-order valence-electron chi connectivity index (χ4n) is 2.27. The van der Waals surface area contributed by atoms with E-state index in [9.17, 15) is 8.42 Å². The number of rotatable bonds is 4. The van der Waals surface area contributed by atoms with Crippen molar-refractivity contribution < 1.29 is 8.42 Å². The van der Waals surface area contributed by atoms with Gasteiger partial charge in [0.25, 0.3) is 0 Å². The lowest BCUT2D eigenvalue weighted by molar-refractivity contribution is 0.260. The van der Waals surface area contributed by atoms with E-state index in [4.69, 9.17) is 17.3 Å². The van der Waals surface area contributed by atoms with Gasteiger partial charge >= 0.3 is 0 Å². The van der Waals surface area contributed by atoms with Crippen LogP contribution in [0, 0.1) is 12.8 Å². The van der Waals surface area contributed by atoms with Gasteiger partial charge in [0.2, 0.25) is 10.0 Å². The molecule has 1 unspecified atom stereocenters. The fourth-order valence-corrected chi connectivity index (χ4v) is 3.81. The van der Waals surface area contributed by atoms with Gasteiger partial charge in [-0.2, -0.15) is 0 Å². The zero-order chi connectivity index (χ0) is 14.2. The summed E-state index contributed by atoms with van der Waals surface area (Å²) in [6.07, 6.45) is 3.36. The minimum Gasteiger partial charge on any atom is -0.397 e. The average molecular weight is 303 g/mol. The second kappa shape index (κ2) is 5.31. The fraction of sp³-hybridized carbons (Fsp3) is 0.538. The molecule has 1 aliphatic carbocycles. The molecule has 1 aromatic carbocycles. The summed E-state index contributed by atoms with van der Waals surface area (Å²) in [5.74, 6) is 0.445. The third-order valence-corrected chi connectivity index (χ3v) is 5.82. The van der Waals surface area contributed by atoms with Gasteiger partial charge in [0.15, 0.2) is 0 Å². The van der Waals surface area contributed by atoms with Gasteiger partial charge in [0.1, 0.15) is 0 Å². The van der Waals surface area contributed by atoms with E-state index < -0.39 is 10.0 Å². The van der Waals surface area contributed by atoms with E-state index in [1.54, 1.807) is 13.0 Å². The quantitative estimate of drug-likeness (QED) is 0.840. The highest BCUT2D eigenvalue weighted by molar-refractivity contribution is 7.89. The minimum atomic E-state index is -3.53. The second-order valence-electron chi connectivity index (χ2n) is 5.24. The summed E-state index contributed by atoms with van der Waals surface area (Å²) < 4.78 is 27.3. The number of nitrogens with one attached hydrogen (secondary N) is 1. The van der Waals surface area contributed by atoms with Crippen molar-refractivity contribution in [3.8, 4) is 0 Å². The summed E-state index contributed by atoms with van der Waals surface area (Å²) in [6.45, 7) is 3.65. The molecular weight excluding hydrogens is 284 g/mol. The number of halogens is 1. The van der Waals surface area contributed by atoms with Gasteiger partial charge in [-0.25, -0.2) is 13.1 Å². The standard InChI is InChI=1S/C13H19ClN2O2S/c1-8-6-11(7-12(15)13(8)14)19(17,18)16-9(2)10-4-3-5-10/h6-7,9-10,16H,3-5,15H2,1-2H3. The molecule has 0 heterocycles. The molecule has 0 aliphatic heterocycles. The molecule has 4 nitrogen and oxygen atoms in total. The van der Waals surface area contributed by atoms with Crippen molar-refractivity contribution in [3.05, 3.63) is 22.7 Å². The summed E-state index contributed by atoms with van der Waals surface area (Å²) in [5.41, 5.74) is 6.68. The van der Waals surface area contributed by atoms with Gasteiger partial charge in [-0.1, -0.05) is 18.0 Å². The lowest BCUT2D eigenvalue weighted by Gasteiger charge is -2.31. The number of hydrogen-bond acceptors (Lipinski definition) is 3. The zero-order valence-electron chi connectivity index (χ0n) is 11.1. The van der Waals surface area contributed by atoms with Crippen LogP contribution < -0.4 is 10.5 Å². The predicted octanol–water partition coefficient (Wildman–Crippen LogP) is 2.70. The lowest BCUT2D eigenvalue weighted by atomic mass is 9.81. The molecule has 1 fully saturated rings. The normalized spacial score (nSPS) is 18.1. The van der Waals surface area contributed by atoms with Crippen LogP contribution in [0.3, 0.4) is 0 Å². The Balaban J connectivity index is 2.24. The maximum atomic E-state index is 12.3. The van der Waals surface area contributed by atoms with Crippen molar-refractivity contribution in [2.45, 2.75) is 44.0 Å². The highest BCUT2D eigenvalue weighted by atomic mass is 35.5. The summed E-state index contributed by atoms with van der Waals surface area (Å²) in [5, 5.41) is 0.408. The largest absolute Gasteiger partial charge is 0.397 e. The highest BCUT2D eigenvalue weighted by Crippen LogP contribution is 2.31. The zero-order valence-corrected chi connectivity index (χ0v) is 12.7. The topological polar surface area (TPSA) is 72.2 Å². The molecule has 1 aliphatic rings. The van der Waals surface area contributed by atoms with Crippen molar-refractivity contribution in [2.24, 2.45) is 5.92 Å². The molecule has 6 heteroatoms. The van der Waals surface area contributed by atoms with Crippen LogP contribution in [0.1, 0.15) is 31.7 Å². The Hall–Kier alpha value is -0.780. The Morgan fingerprint density at radius 2 is 2.05 bits per heavy atom. The Bertz CT molecular complexity index is 559. The molecule has 0 bridgehead atoms. The maximum Gasteiger partial charge on any atom is 0.240 e. The monoisotopic (exact) mass is 302 g/mol. The first-order chi connectivity index (χ1) is 8.81. The average Bonchev–Trinajstić information content (AvgIpc) is 2.21. The summed E-state index contributed by atoms with van der Waals surface area (Å²) >= 11 is 5.95. The van der Waals surface area contributed by atoms with Crippen LogP contribution >= 0.6 is 11.6 Å². The predicted molar refractivity (Wildman–Crippen MR) is 77.7 cm³/mol. The number of anilines is 1. The van der Waals surface area contributed by atoms with E-state index in [1.807, 2.05) is 6.92 Å². The molecule has 0 amide bonds. The van der Waals surface area contributed by atoms with Gasteiger partial charge in [-0.05, 0) is 50.3 Å². The van der Waals surface area contributed by atoms with Crippen LogP contribution in [0.2, 0.25) is 5.02 Å². The summed E-state index contributed by atoms with van der Waals surface area (Å²) in [7, 11) is -3.53. The van der Waals surface area contributed by atoms with Crippen LogP contribution in [-0.4, -0.2) is 14.5 Å². The first-order valence-corrected chi connectivity index (χ1v) is 8.25. The molecule has 1 aromatic rings. The van der Waals surface area contributed by atoms with Gasteiger partial charge in [-0.15, -0.1) is 0 Å². The van der Waals surface area contributed by atoms with Crippen molar-refractivity contribution in [1.82, 2.24) is 4.72 Å². The van der Waals surface area contributed by atoms with E-state index in [2.05, 4.69) is 4.72 Å². The molecule has 0 spiro atoms. The molecule has 0 aromatic heterocycles. The molecule has 0 radical (unpaired) electrons. The van der Waals surface area contributed by atoms with Gasteiger partial charge in [0.05, 0.1) is 15.6 Å². The van der Waals surface area contributed by atoms with Crippen molar-refractivity contribution in [3.63, 3.8) is 0 Å². The van der Waals surface area contributed by atoms with E-state index in [0.717, 1.165) is 12.8 Å². The maximum absolute atomic E-state index is 12.3. The Labute approximate surface area is 119 Å². The first-order valence-electron chi connectivity index (χ1n) is 6.39. The first kappa shape index (κ1) is 14.6. The number of nitrogens with two attached hydrogens (primary N) is 1. The van der Waals surface area contributed by atoms with Crippen LogP contribution in [0.4, 0.5) is 5.69 Å². The van der Waals surface area contributed by atoms with Gasteiger partial charge < -0.3 is 5.73 Å². The Morgan fingerprint density at radius 3 is 2.53 bits per heavy atom. The van der Waals surface area contributed by atoms with Crippen molar-refractivity contribution in [1.29, 1.82) is 0 Å². The smallest absolute Gasteiger partial charge is 0.240 e. The number of aryl methyl sites for hydroxylation is 1. The van der Waals surface area contributed by atoms with E-state index in [0.29, 0.717) is 22.2 Å². The van der Waals surface area contributed by atoms with E-state index in [-0.39, 0.29) is 10.9 Å². The second-order valence-corrected chi connectivity index (χ2v) is 7.34. The molecule has 106 valence electrons. The van der Waals surface area contributed by atoms with Crippen molar-refractivity contribution >= 4 is 27.3 Å². The van der Waals surface area contributed by atoms with Gasteiger partial charge in [0, 0.05) is 6.04 Å². The lowest BCUT2D eigenvalue weighted by Crippen LogP contribution is -2.40. The van der Waals surface area contributed by atoms with E-state index >= 15 is 0 Å². The number of sulfonamides is 1. The van der Waals surface area contributed by atoms with Crippen molar-refractivity contribution in [2.75, 3.05) is 5.73 Å². The van der Waals surface area contributed by atoms with E-state index in [1.165, 1.54) is 12.5 Å². The molecule has 2 rings (SSSR count). The minimum absolute atomic E-state index is 0.0454. The number of hydrogen-bond donors (Lipinski definition) is 2. The number of benzene rings is 1. The van der Waals surface area contributed by atoms with Crippen LogP contribution in [0.5, 0.6) is 0 Å². The molecule has 19 heavy (non-hydrogen) atoms. The number of nitrogen functional groups attached to an aromatic ring is 1. The Kier molecular flexibility index (Phi) is 4.08. The summed E-state index contributed by atoms with van der Waals surface area (Å²) in [4.78, 5) is 0.179. The SMILES string of the molecule is Cc1cc(S(=O)(=O)NC(C)C2CCC2)cc(N)c1Cl. The highest BCUT2D eigenvalue weighted by Gasteiger charge is 2.28. The summed E-state index contributed by atoms with van der Waals surface area (Å²) in [6, 6.07) is 2.91. The molecule has 3 N–H and O–H groups in total. The Morgan fingerprint density at radius 1 is 1.42 bits per heavy atom. The van der Waals surface area contributed by atoms with Crippen LogP contribution in [0.25, 0.3) is 0 Å².